The minimum absolute atomic E-state index is 0.0122. The van der Waals surface area contributed by atoms with Crippen molar-refractivity contribution in [1.29, 1.82) is 0 Å². The van der Waals surface area contributed by atoms with Crippen molar-refractivity contribution in [2.75, 3.05) is 37.3 Å². The van der Waals surface area contributed by atoms with Gasteiger partial charge in [-0.15, -0.1) is 0 Å². The summed E-state index contributed by atoms with van der Waals surface area (Å²) < 4.78 is 45.3. The number of ether oxygens (including phenoxy) is 1. The molecular formula is C19H31FN6O3S. The molecule has 5 atom stereocenters. The lowest BCUT2D eigenvalue weighted by atomic mass is 9.78. The fourth-order valence-electron chi connectivity index (χ4n) is 4.72. The van der Waals surface area contributed by atoms with Gasteiger partial charge in [0, 0.05) is 44.2 Å². The number of halogens is 1. The van der Waals surface area contributed by atoms with Crippen LogP contribution in [0.25, 0.3) is 0 Å². The zero-order valence-corrected chi connectivity index (χ0v) is 18.5. The van der Waals surface area contributed by atoms with E-state index < -0.39 is 22.3 Å². The molecule has 0 radical (unpaired) electrons. The van der Waals surface area contributed by atoms with Gasteiger partial charge in [0.15, 0.2) is 0 Å². The Morgan fingerprint density at radius 1 is 1.17 bits per heavy atom. The molecule has 0 amide bonds. The van der Waals surface area contributed by atoms with Crippen LogP contribution < -0.4 is 15.8 Å². The first-order valence-corrected chi connectivity index (χ1v) is 12.4. The molecule has 5 unspecified atom stereocenters. The van der Waals surface area contributed by atoms with E-state index in [4.69, 9.17) is 4.74 Å². The summed E-state index contributed by atoms with van der Waals surface area (Å²) in [6, 6.07) is 1.94. The molecule has 0 aromatic carbocycles. The number of rotatable bonds is 5. The summed E-state index contributed by atoms with van der Waals surface area (Å²) >= 11 is 0. The van der Waals surface area contributed by atoms with Crippen LogP contribution in [0.5, 0.6) is 0 Å². The highest BCUT2D eigenvalue weighted by atomic mass is 32.2. The number of hydrogen-bond acceptors (Lipinski definition) is 8. The molecule has 168 valence electrons. The maximum atomic E-state index is 14.5. The van der Waals surface area contributed by atoms with Gasteiger partial charge in [0.1, 0.15) is 18.3 Å². The summed E-state index contributed by atoms with van der Waals surface area (Å²) in [6.45, 7) is 5.92. The van der Waals surface area contributed by atoms with E-state index in [-0.39, 0.29) is 24.1 Å². The first kappa shape index (κ1) is 21.8. The molecule has 0 spiro atoms. The number of hydrazine groups is 1. The number of hydrogen-bond donors (Lipinski definition) is 2. The summed E-state index contributed by atoms with van der Waals surface area (Å²) in [5.74, 6) is 0.957. The highest BCUT2D eigenvalue weighted by molar-refractivity contribution is 7.88. The lowest BCUT2D eigenvalue weighted by Gasteiger charge is -2.36. The Morgan fingerprint density at radius 2 is 1.90 bits per heavy atom. The van der Waals surface area contributed by atoms with Crippen molar-refractivity contribution in [3.05, 3.63) is 18.1 Å². The quantitative estimate of drug-likeness (QED) is 0.685. The van der Waals surface area contributed by atoms with Gasteiger partial charge in [0.05, 0.1) is 30.2 Å². The smallest absolute Gasteiger partial charge is 0.211 e. The van der Waals surface area contributed by atoms with Gasteiger partial charge >= 0.3 is 0 Å². The Balaban J connectivity index is 1.46. The minimum Gasteiger partial charge on any atom is -0.373 e. The number of anilines is 1. The molecule has 1 saturated carbocycles. The van der Waals surface area contributed by atoms with Gasteiger partial charge in [-0.2, -0.15) is 4.31 Å². The van der Waals surface area contributed by atoms with E-state index in [1.807, 2.05) is 19.9 Å². The third-order valence-corrected chi connectivity index (χ3v) is 7.53. The van der Waals surface area contributed by atoms with Gasteiger partial charge in [-0.25, -0.2) is 28.2 Å². The number of piperazine rings is 1. The van der Waals surface area contributed by atoms with E-state index in [9.17, 15) is 12.8 Å². The lowest BCUT2D eigenvalue weighted by molar-refractivity contribution is -0.0708. The second-order valence-corrected chi connectivity index (χ2v) is 10.7. The zero-order valence-electron chi connectivity index (χ0n) is 17.7. The van der Waals surface area contributed by atoms with Crippen molar-refractivity contribution in [2.45, 2.75) is 57.2 Å². The number of nitrogens with zero attached hydrogens (tertiary/aromatic N) is 4. The van der Waals surface area contributed by atoms with Crippen LogP contribution in [0.2, 0.25) is 0 Å². The summed E-state index contributed by atoms with van der Waals surface area (Å²) in [7, 11) is -3.17. The van der Waals surface area contributed by atoms with Crippen LogP contribution in [0, 0.1) is 5.92 Å². The largest absolute Gasteiger partial charge is 0.373 e. The van der Waals surface area contributed by atoms with E-state index >= 15 is 0 Å². The third kappa shape index (κ3) is 4.59. The van der Waals surface area contributed by atoms with E-state index in [0.717, 1.165) is 11.5 Å². The maximum absolute atomic E-state index is 14.5. The fraction of sp³-hybridized carbons (Fsp3) is 0.789. The average Bonchev–Trinajstić information content (AvgIpc) is 3.10. The predicted octanol–water partition coefficient (Wildman–Crippen LogP) is 0.617. The molecule has 4 rings (SSSR count). The van der Waals surface area contributed by atoms with Gasteiger partial charge in [-0.1, -0.05) is 0 Å². The molecule has 0 bridgehead atoms. The first-order chi connectivity index (χ1) is 14.2. The number of sulfonamides is 1. The second-order valence-electron chi connectivity index (χ2n) is 8.70. The van der Waals surface area contributed by atoms with Crippen LogP contribution in [0.3, 0.4) is 0 Å². The number of nitrogens with one attached hydrogen (secondary N) is 2. The predicted molar refractivity (Wildman–Crippen MR) is 111 cm³/mol. The molecule has 11 heteroatoms. The van der Waals surface area contributed by atoms with Crippen molar-refractivity contribution in [2.24, 2.45) is 5.92 Å². The van der Waals surface area contributed by atoms with Crippen LogP contribution in [-0.2, 0) is 14.8 Å². The minimum atomic E-state index is -3.17. The van der Waals surface area contributed by atoms with Crippen LogP contribution in [0.4, 0.5) is 10.2 Å². The fourth-order valence-corrected chi connectivity index (χ4v) is 5.55. The highest BCUT2D eigenvalue weighted by Gasteiger charge is 2.46. The van der Waals surface area contributed by atoms with E-state index in [1.54, 1.807) is 6.33 Å². The Labute approximate surface area is 177 Å². The molecule has 2 aliphatic heterocycles. The second kappa shape index (κ2) is 8.62. The molecule has 1 aromatic rings. The first-order valence-electron chi connectivity index (χ1n) is 10.5. The van der Waals surface area contributed by atoms with E-state index in [0.29, 0.717) is 39.0 Å². The Morgan fingerprint density at radius 3 is 2.57 bits per heavy atom. The van der Waals surface area contributed by atoms with Gasteiger partial charge in [0.25, 0.3) is 0 Å². The third-order valence-electron chi connectivity index (χ3n) is 6.23. The molecule has 3 fully saturated rings. The van der Waals surface area contributed by atoms with Crippen LogP contribution in [-0.4, -0.2) is 79.5 Å². The molecule has 30 heavy (non-hydrogen) atoms. The summed E-state index contributed by atoms with van der Waals surface area (Å²) in [5.41, 5.74) is 7.39. The topological polar surface area (TPSA) is 99.7 Å². The van der Waals surface area contributed by atoms with E-state index in [2.05, 4.69) is 25.7 Å². The molecule has 3 aliphatic rings. The number of fused-ring (bicyclic) bond motifs is 1. The average molecular weight is 443 g/mol. The SMILES string of the molecule is CC(C)OC1CC2C(CC1F)NNC2c1cc(N2CCN(S(C)(=O)=O)CC2)ncn1. The van der Waals surface area contributed by atoms with Gasteiger partial charge in [-0.05, 0) is 26.7 Å². The maximum Gasteiger partial charge on any atom is 0.211 e. The van der Waals surface area contributed by atoms with Gasteiger partial charge in [0.2, 0.25) is 10.0 Å². The Hall–Kier alpha value is -1.40. The number of alkyl halides is 1. The monoisotopic (exact) mass is 442 g/mol. The normalized spacial score (nSPS) is 33.1. The highest BCUT2D eigenvalue weighted by Crippen LogP contribution is 2.40. The molecule has 2 N–H and O–H groups in total. The Kier molecular flexibility index (Phi) is 6.27. The lowest BCUT2D eigenvalue weighted by Crippen LogP contribution is -2.48. The van der Waals surface area contributed by atoms with Gasteiger partial charge in [-0.3, -0.25) is 5.43 Å². The molecule has 9 nitrogen and oxygen atoms in total. The summed E-state index contributed by atoms with van der Waals surface area (Å²) in [5, 5.41) is 0. The van der Waals surface area contributed by atoms with Crippen molar-refractivity contribution in [3.8, 4) is 0 Å². The zero-order chi connectivity index (χ0) is 21.5. The van der Waals surface area contributed by atoms with E-state index in [1.165, 1.54) is 10.6 Å². The Bertz CT molecular complexity index is 848. The van der Waals surface area contributed by atoms with Crippen molar-refractivity contribution in [3.63, 3.8) is 0 Å². The molecule has 2 saturated heterocycles. The van der Waals surface area contributed by atoms with Crippen molar-refractivity contribution < 1.29 is 17.5 Å². The van der Waals surface area contributed by atoms with Crippen LogP contribution >= 0.6 is 0 Å². The molecule has 1 aromatic heterocycles. The van der Waals surface area contributed by atoms with Gasteiger partial charge < -0.3 is 9.64 Å². The molecule has 1 aliphatic carbocycles. The standard InChI is InChI=1S/C19H31FN6O3S/c1-12(2)29-17-8-13-15(9-14(17)20)23-24-19(13)16-10-18(22-11-21-16)25-4-6-26(7-5-25)30(3,27)28/h10-15,17,19,23-24H,4-9H2,1-3H3. The molecule has 3 heterocycles. The van der Waals surface area contributed by atoms with Crippen LogP contribution in [0.15, 0.2) is 12.4 Å². The number of aromatic nitrogens is 2. The summed E-state index contributed by atoms with van der Waals surface area (Å²) in [6.07, 6.45) is 2.43. The summed E-state index contributed by atoms with van der Waals surface area (Å²) in [4.78, 5) is 11.0. The van der Waals surface area contributed by atoms with Crippen LogP contribution in [0.1, 0.15) is 38.4 Å². The van der Waals surface area contributed by atoms with Crippen molar-refractivity contribution >= 4 is 15.8 Å². The van der Waals surface area contributed by atoms with Crippen molar-refractivity contribution in [1.82, 2.24) is 25.1 Å². The molecular weight excluding hydrogens is 411 g/mol.